The van der Waals surface area contributed by atoms with E-state index in [0.717, 1.165) is 20.4 Å². The van der Waals surface area contributed by atoms with Crippen molar-refractivity contribution in [3.05, 3.63) is 86.2 Å². The van der Waals surface area contributed by atoms with Gasteiger partial charge < -0.3 is 14.8 Å². The average Bonchev–Trinajstić information content (AvgIpc) is 2.67. The topological polar surface area (TPSA) is 30.5 Å². The first-order chi connectivity index (χ1) is 13.5. The molecule has 0 atom stereocenters. The maximum atomic E-state index is 13.0. The summed E-state index contributed by atoms with van der Waals surface area (Å²) < 4.78 is 25.5. The molecule has 0 aliphatic heterocycles. The van der Waals surface area contributed by atoms with Crippen molar-refractivity contribution in [1.82, 2.24) is 0 Å². The standard InChI is InChI=1S/C23H23FINO2/c1-15-4-9-21(16(2)10-15)26-13-18-11-20(25)23(22(12-18)27-3)28-14-17-5-7-19(24)8-6-17/h4-12,26H,13-14H2,1-3H3. The van der Waals surface area contributed by atoms with Crippen LogP contribution < -0.4 is 14.8 Å². The van der Waals surface area contributed by atoms with Crippen molar-refractivity contribution in [2.45, 2.75) is 27.0 Å². The molecule has 3 rings (SSSR count). The van der Waals surface area contributed by atoms with Crippen LogP contribution in [0.5, 0.6) is 11.5 Å². The van der Waals surface area contributed by atoms with Crippen molar-refractivity contribution in [2.75, 3.05) is 12.4 Å². The van der Waals surface area contributed by atoms with Gasteiger partial charge in [-0.1, -0.05) is 29.8 Å². The van der Waals surface area contributed by atoms with Crippen molar-refractivity contribution in [3.63, 3.8) is 0 Å². The minimum absolute atomic E-state index is 0.253. The van der Waals surface area contributed by atoms with Gasteiger partial charge in [-0.15, -0.1) is 0 Å². The Morgan fingerprint density at radius 3 is 2.39 bits per heavy atom. The van der Waals surface area contributed by atoms with Crippen LogP contribution in [0.1, 0.15) is 22.3 Å². The van der Waals surface area contributed by atoms with E-state index in [9.17, 15) is 4.39 Å². The maximum Gasteiger partial charge on any atom is 0.174 e. The molecule has 3 aromatic rings. The summed E-state index contributed by atoms with van der Waals surface area (Å²) in [6, 6.07) is 16.7. The molecule has 0 aliphatic carbocycles. The van der Waals surface area contributed by atoms with Crippen LogP contribution in [0.25, 0.3) is 0 Å². The van der Waals surface area contributed by atoms with Crippen LogP contribution in [0.2, 0.25) is 0 Å². The highest BCUT2D eigenvalue weighted by Gasteiger charge is 2.12. The van der Waals surface area contributed by atoms with Crippen molar-refractivity contribution in [3.8, 4) is 11.5 Å². The second-order valence-corrected chi connectivity index (χ2v) is 7.86. The van der Waals surface area contributed by atoms with E-state index in [1.165, 1.54) is 23.3 Å². The highest BCUT2D eigenvalue weighted by molar-refractivity contribution is 14.1. The van der Waals surface area contributed by atoms with E-state index >= 15 is 0 Å². The Bertz CT molecular complexity index is 958. The molecule has 28 heavy (non-hydrogen) atoms. The quantitative estimate of drug-likeness (QED) is 0.397. The Kier molecular flexibility index (Phi) is 6.78. The smallest absolute Gasteiger partial charge is 0.174 e. The van der Waals surface area contributed by atoms with Gasteiger partial charge in [-0.2, -0.15) is 0 Å². The molecule has 3 aromatic carbocycles. The first kappa shape index (κ1) is 20.5. The summed E-state index contributed by atoms with van der Waals surface area (Å²) in [7, 11) is 1.64. The van der Waals surface area contributed by atoms with Crippen molar-refractivity contribution < 1.29 is 13.9 Å². The van der Waals surface area contributed by atoms with Gasteiger partial charge in [0.25, 0.3) is 0 Å². The third kappa shape index (κ3) is 5.16. The summed E-state index contributed by atoms with van der Waals surface area (Å²) in [4.78, 5) is 0. The first-order valence-electron chi connectivity index (χ1n) is 9.01. The number of methoxy groups -OCH3 is 1. The van der Waals surface area contributed by atoms with E-state index < -0.39 is 0 Å². The zero-order valence-electron chi connectivity index (χ0n) is 16.2. The zero-order chi connectivity index (χ0) is 20.1. The van der Waals surface area contributed by atoms with Crippen molar-refractivity contribution in [1.29, 1.82) is 0 Å². The van der Waals surface area contributed by atoms with E-state index in [4.69, 9.17) is 9.47 Å². The summed E-state index contributed by atoms with van der Waals surface area (Å²) in [5, 5.41) is 3.48. The first-order valence-corrected chi connectivity index (χ1v) is 10.1. The van der Waals surface area contributed by atoms with E-state index in [1.807, 2.05) is 6.07 Å². The van der Waals surface area contributed by atoms with Gasteiger partial charge in [-0.3, -0.25) is 0 Å². The number of benzene rings is 3. The number of rotatable bonds is 7. The normalized spacial score (nSPS) is 10.6. The molecule has 146 valence electrons. The van der Waals surface area contributed by atoms with E-state index in [1.54, 1.807) is 19.2 Å². The number of nitrogens with one attached hydrogen (secondary N) is 1. The number of hydrogen-bond donors (Lipinski definition) is 1. The number of aryl methyl sites for hydroxylation is 2. The van der Waals surface area contributed by atoms with Crippen LogP contribution in [0.3, 0.4) is 0 Å². The highest BCUT2D eigenvalue weighted by atomic mass is 127. The van der Waals surface area contributed by atoms with Gasteiger partial charge in [-0.05, 0) is 83.5 Å². The summed E-state index contributed by atoms with van der Waals surface area (Å²) in [5.74, 6) is 1.13. The third-order valence-corrected chi connectivity index (χ3v) is 5.25. The third-order valence-electron chi connectivity index (χ3n) is 4.45. The summed E-state index contributed by atoms with van der Waals surface area (Å²) in [6.45, 7) is 5.24. The van der Waals surface area contributed by atoms with Gasteiger partial charge in [-0.25, -0.2) is 4.39 Å². The summed E-state index contributed by atoms with van der Waals surface area (Å²) in [6.07, 6.45) is 0. The molecule has 1 N–H and O–H groups in total. The second kappa shape index (κ2) is 9.28. The van der Waals surface area contributed by atoms with Gasteiger partial charge in [0.1, 0.15) is 12.4 Å². The number of hydrogen-bond acceptors (Lipinski definition) is 3. The lowest BCUT2D eigenvalue weighted by Crippen LogP contribution is -2.04. The van der Waals surface area contributed by atoms with Gasteiger partial charge in [0.15, 0.2) is 11.5 Å². The number of anilines is 1. The molecule has 5 heteroatoms. The molecule has 0 aliphatic rings. The predicted octanol–water partition coefficient (Wildman–Crippen LogP) is 6.25. The molecule has 0 amide bonds. The van der Waals surface area contributed by atoms with Gasteiger partial charge in [0.2, 0.25) is 0 Å². The molecule has 0 unspecified atom stereocenters. The summed E-state index contributed by atoms with van der Waals surface area (Å²) >= 11 is 2.26. The SMILES string of the molecule is COc1cc(CNc2ccc(C)cc2C)cc(I)c1OCc1ccc(F)cc1. The van der Waals surface area contributed by atoms with Crippen LogP contribution in [-0.2, 0) is 13.2 Å². The lowest BCUT2D eigenvalue weighted by Gasteiger charge is -2.16. The van der Waals surface area contributed by atoms with Gasteiger partial charge in [0.05, 0.1) is 10.7 Å². The Labute approximate surface area is 179 Å². The molecule has 0 fully saturated rings. The molecule has 0 radical (unpaired) electrons. The fraction of sp³-hybridized carbons (Fsp3) is 0.217. The summed E-state index contributed by atoms with van der Waals surface area (Å²) in [5.41, 5.74) is 5.61. The van der Waals surface area contributed by atoms with E-state index in [0.29, 0.717) is 24.7 Å². The largest absolute Gasteiger partial charge is 0.493 e. The zero-order valence-corrected chi connectivity index (χ0v) is 18.3. The van der Waals surface area contributed by atoms with Crippen molar-refractivity contribution >= 4 is 28.3 Å². The Balaban J connectivity index is 1.72. The Morgan fingerprint density at radius 2 is 1.71 bits per heavy atom. The van der Waals surface area contributed by atoms with Crippen LogP contribution in [-0.4, -0.2) is 7.11 Å². The van der Waals surface area contributed by atoms with Crippen LogP contribution in [0, 0.1) is 23.2 Å². The van der Waals surface area contributed by atoms with Crippen LogP contribution >= 0.6 is 22.6 Å². The number of halogens is 2. The molecule has 0 saturated heterocycles. The fourth-order valence-electron chi connectivity index (χ4n) is 2.96. The van der Waals surface area contributed by atoms with E-state index in [2.05, 4.69) is 66.0 Å². The molecular weight excluding hydrogens is 468 g/mol. The lowest BCUT2D eigenvalue weighted by atomic mass is 10.1. The second-order valence-electron chi connectivity index (χ2n) is 6.70. The minimum atomic E-state index is -0.253. The molecular formula is C23H23FINO2. The van der Waals surface area contributed by atoms with Crippen LogP contribution in [0.4, 0.5) is 10.1 Å². The van der Waals surface area contributed by atoms with Gasteiger partial charge >= 0.3 is 0 Å². The molecule has 0 spiro atoms. The van der Waals surface area contributed by atoms with Gasteiger partial charge in [0, 0.05) is 12.2 Å². The molecule has 0 aromatic heterocycles. The fourth-order valence-corrected chi connectivity index (χ4v) is 3.78. The Morgan fingerprint density at radius 1 is 0.964 bits per heavy atom. The monoisotopic (exact) mass is 491 g/mol. The Hall–Kier alpha value is -2.28. The molecule has 0 bridgehead atoms. The van der Waals surface area contributed by atoms with E-state index in [-0.39, 0.29) is 5.82 Å². The average molecular weight is 491 g/mol. The lowest BCUT2D eigenvalue weighted by molar-refractivity contribution is 0.282. The maximum absolute atomic E-state index is 13.0. The predicted molar refractivity (Wildman–Crippen MR) is 120 cm³/mol. The minimum Gasteiger partial charge on any atom is -0.493 e. The molecule has 3 nitrogen and oxygen atoms in total. The number of ether oxygens (including phenoxy) is 2. The molecule has 0 saturated carbocycles. The highest BCUT2D eigenvalue weighted by Crippen LogP contribution is 2.35. The molecule has 0 heterocycles. The van der Waals surface area contributed by atoms with Crippen molar-refractivity contribution in [2.24, 2.45) is 0 Å². The van der Waals surface area contributed by atoms with Crippen LogP contribution in [0.15, 0.2) is 54.6 Å².